The number of nitro benzene ring substituents is 1. The maximum absolute atomic E-state index is 13.3. The average molecular weight is 288 g/mol. The molecule has 1 aromatic rings. The van der Waals surface area contributed by atoms with Crippen LogP contribution in [-0.4, -0.2) is 17.0 Å². The third kappa shape index (κ3) is 2.71. The molecule has 0 bridgehead atoms. The Morgan fingerprint density at radius 1 is 1.21 bits per heavy atom. The minimum absolute atomic E-state index is 0.250. The van der Waals surface area contributed by atoms with Crippen LogP contribution in [0.15, 0.2) is 18.2 Å². The number of hydrogen-bond donors (Lipinski definition) is 1. The van der Waals surface area contributed by atoms with E-state index in [0.29, 0.717) is 12.1 Å². The molecule has 1 rings (SSSR count). The van der Waals surface area contributed by atoms with Crippen molar-refractivity contribution in [3.63, 3.8) is 0 Å². The molecule has 0 aromatic heterocycles. The molecule has 1 unspecified atom stereocenters. The zero-order valence-corrected chi connectivity index (χ0v) is 8.92. The number of rotatable bonds is 3. The van der Waals surface area contributed by atoms with Gasteiger partial charge >= 0.3 is 12.1 Å². The molecule has 2 N–H and O–H groups in total. The highest BCUT2D eigenvalue weighted by Crippen LogP contribution is 2.47. The van der Waals surface area contributed by atoms with Crippen LogP contribution in [0.25, 0.3) is 0 Å². The van der Waals surface area contributed by atoms with E-state index in [9.17, 15) is 36.5 Å². The molecule has 0 aliphatic heterocycles. The molecule has 1 aromatic carbocycles. The van der Waals surface area contributed by atoms with Gasteiger partial charge in [0.1, 0.15) is 5.69 Å². The topological polar surface area (TPSA) is 69.2 Å². The molecule has 106 valence electrons. The van der Waals surface area contributed by atoms with Crippen LogP contribution in [-0.2, 0) is 0 Å². The van der Waals surface area contributed by atoms with Gasteiger partial charge in [0, 0.05) is 6.07 Å². The van der Waals surface area contributed by atoms with E-state index in [0.717, 1.165) is 0 Å². The third-order valence-electron chi connectivity index (χ3n) is 2.24. The van der Waals surface area contributed by atoms with E-state index in [1.54, 1.807) is 0 Å². The van der Waals surface area contributed by atoms with Gasteiger partial charge in [-0.1, -0.05) is 6.07 Å². The van der Waals surface area contributed by atoms with Gasteiger partial charge in [-0.2, -0.15) is 22.0 Å². The molecule has 0 amide bonds. The van der Waals surface area contributed by atoms with E-state index >= 15 is 0 Å². The Morgan fingerprint density at radius 3 is 2.16 bits per heavy atom. The van der Waals surface area contributed by atoms with Crippen LogP contribution in [0.2, 0.25) is 0 Å². The van der Waals surface area contributed by atoms with Crippen molar-refractivity contribution in [2.75, 3.05) is 5.73 Å². The Labute approximate surface area is 102 Å². The van der Waals surface area contributed by atoms with Gasteiger partial charge in [-0.15, -0.1) is 0 Å². The summed E-state index contributed by atoms with van der Waals surface area (Å²) in [7, 11) is 0. The summed E-state index contributed by atoms with van der Waals surface area (Å²) in [6, 6.07) is 1.47. The Hall–Kier alpha value is -2.00. The molecular formula is C9H6F6N2O2. The number of anilines is 1. The van der Waals surface area contributed by atoms with Crippen LogP contribution in [0.4, 0.5) is 37.7 Å². The highest BCUT2D eigenvalue weighted by Gasteiger charge is 2.63. The fourth-order valence-electron chi connectivity index (χ4n) is 1.23. The first-order valence-electron chi connectivity index (χ1n) is 4.61. The van der Waals surface area contributed by atoms with Crippen molar-refractivity contribution in [1.29, 1.82) is 0 Å². The first kappa shape index (κ1) is 15.1. The van der Waals surface area contributed by atoms with Gasteiger partial charge in [0.15, 0.2) is 6.17 Å². The minimum Gasteiger partial charge on any atom is -0.393 e. The van der Waals surface area contributed by atoms with E-state index in [1.807, 2.05) is 0 Å². The summed E-state index contributed by atoms with van der Waals surface area (Å²) in [4.78, 5) is 9.32. The number of nitrogens with zero attached hydrogens (tertiary/aromatic N) is 1. The highest BCUT2D eigenvalue weighted by atomic mass is 19.4. The van der Waals surface area contributed by atoms with E-state index in [2.05, 4.69) is 0 Å². The molecule has 0 aliphatic carbocycles. The third-order valence-corrected chi connectivity index (χ3v) is 2.24. The van der Waals surface area contributed by atoms with Gasteiger partial charge in [0.2, 0.25) is 0 Å². The number of benzene rings is 1. The van der Waals surface area contributed by atoms with Crippen molar-refractivity contribution in [2.45, 2.75) is 18.3 Å². The van der Waals surface area contributed by atoms with Crippen LogP contribution in [0.5, 0.6) is 0 Å². The quantitative estimate of drug-likeness (QED) is 0.401. The summed E-state index contributed by atoms with van der Waals surface area (Å²) in [6.45, 7) is 0. The van der Waals surface area contributed by atoms with E-state index in [1.165, 1.54) is 0 Å². The normalized spacial score (nSPS) is 14.2. The van der Waals surface area contributed by atoms with Crippen LogP contribution in [0.1, 0.15) is 11.7 Å². The summed E-state index contributed by atoms with van der Waals surface area (Å²) in [6.07, 6.45) is -9.87. The second-order valence-electron chi connectivity index (χ2n) is 3.56. The van der Waals surface area contributed by atoms with Crippen molar-refractivity contribution >= 4 is 11.4 Å². The summed E-state index contributed by atoms with van der Waals surface area (Å²) in [5, 5.41) is 10.4. The van der Waals surface area contributed by atoms with Crippen molar-refractivity contribution in [1.82, 2.24) is 0 Å². The summed E-state index contributed by atoms with van der Waals surface area (Å²) in [5.74, 6) is -5.66. The monoisotopic (exact) mass is 288 g/mol. The fraction of sp³-hybridized carbons (Fsp3) is 0.333. The maximum Gasteiger partial charge on any atom is 0.456 e. The second kappa shape index (κ2) is 4.59. The lowest BCUT2D eigenvalue weighted by Gasteiger charge is -2.23. The van der Waals surface area contributed by atoms with Crippen molar-refractivity contribution < 1.29 is 31.3 Å². The van der Waals surface area contributed by atoms with Gasteiger partial charge in [-0.25, -0.2) is 4.39 Å². The highest BCUT2D eigenvalue weighted by molar-refractivity contribution is 5.59. The number of halogens is 6. The molecule has 0 heterocycles. The molecule has 0 radical (unpaired) electrons. The number of alkyl halides is 6. The Bertz CT molecular complexity index is 502. The fourth-order valence-corrected chi connectivity index (χ4v) is 1.23. The molecule has 0 saturated carbocycles. The molecule has 10 heteroatoms. The van der Waals surface area contributed by atoms with Crippen molar-refractivity contribution in [3.05, 3.63) is 33.9 Å². The Morgan fingerprint density at radius 2 is 1.74 bits per heavy atom. The van der Waals surface area contributed by atoms with Crippen LogP contribution < -0.4 is 5.73 Å². The Kier molecular flexibility index (Phi) is 3.64. The maximum atomic E-state index is 13.3. The van der Waals surface area contributed by atoms with Crippen LogP contribution in [0, 0.1) is 10.1 Å². The first-order valence-corrected chi connectivity index (χ1v) is 4.61. The van der Waals surface area contributed by atoms with Crippen LogP contribution >= 0.6 is 0 Å². The predicted octanol–water partition coefficient (Wildman–Crippen LogP) is 3.39. The lowest BCUT2D eigenvalue weighted by molar-refractivity contribution is -0.384. The Balaban J connectivity index is 3.25. The number of hydrogen-bond acceptors (Lipinski definition) is 3. The summed E-state index contributed by atoms with van der Waals surface area (Å²) < 4.78 is 74.6. The molecule has 0 saturated heterocycles. The van der Waals surface area contributed by atoms with Gasteiger partial charge in [0.05, 0.1) is 4.92 Å². The van der Waals surface area contributed by atoms with E-state index < -0.39 is 40.1 Å². The molecule has 0 aliphatic rings. The predicted molar refractivity (Wildman–Crippen MR) is 52.4 cm³/mol. The van der Waals surface area contributed by atoms with Gasteiger partial charge in [-0.05, 0) is 11.6 Å². The number of nitro groups is 1. The standard InChI is InChI=1S/C9H6F6N2O2/c10-7(8(11,12)9(13,14)15)4-1-2-5(16)6(3-4)17(18)19/h1-3,7H,16H2. The van der Waals surface area contributed by atoms with Crippen molar-refractivity contribution in [3.8, 4) is 0 Å². The summed E-state index contributed by atoms with van der Waals surface area (Å²) in [5.41, 5.74) is 2.51. The minimum atomic E-state index is -6.11. The van der Waals surface area contributed by atoms with Gasteiger partial charge < -0.3 is 5.73 Å². The molecule has 0 spiro atoms. The zero-order valence-electron chi connectivity index (χ0n) is 8.92. The lowest BCUT2D eigenvalue weighted by Crippen LogP contribution is -2.40. The largest absolute Gasteiger partial charge is 0.456 e. The molecule has 19 heavy (non-hydrogen) atoms. The van der Waals surface area contributed by atoms with E-state index in [4.69, 9.17) is 5.73 Å². The van der Waals surface area contributed by atoms with Gasteiger partial charge in [0.25, 0.3) is 5.69 Å². The zero-order chi connectivity index (χ0) is 15.0. The SMILES string of the molecule is Nc1ccc(C(F)C(F)(F)C(F)(F)F)cc1[N+](=O)[O-]. The molecule has 4 nitrogen and oxygen atoms in total. The first-order chi connectivity index (χ1) is 8.48. The summed E-state index contributed by atoms with van der Waals surface area (Å²) >= 11 is 0. The number of nitrogen functional groups attached to an aromatic ring is 1. The lowest BCUT2D eigenvalue weighted by atomic mass is 10.0. The average Bonchev–Trinajstić information content (AvgIpc) is 2.26. The molecular weight excluding hydrogens is 282 g/mol. The van der Waals surface area contributed by atoms with Crippen LogP contribution in [0.3, 0.4) is 0 Å². The smallest absolute Gasteiger partial charge is 0.393 e. The van der Waals surface area contributed by atoms with E-state index in [-0.39, 0.29) is 6.07 Å². The van der Waals surface area contributed by atoms with Crippen molar-refractivity contribution in [2.24, 2.45) is 0 Å². The molecule has 0 fully saturated rings. The van der Waals surface area contributed by atoms with Gasteiger partial charge in [-0.3, -0.25) is 10.1 Å². The second-order valence-corrected chi connectivity index (χ2v) is 3.56. The number of nitrogens with two attached hydrogens (primary N) is 1. The molecule has 1 atom stereocenters.